The molecule has 26 heteroatoms. The number of nitrogens with zero attached hydrogens (tertiary/aromatic N) is 6. The lowest BCUT2D eigenvalue weighted by atomic mass is 9.95. The van der Waals surface area contributed by atoms with Crippen molar-refractivity contribution in [3.8, 4) is 0 Å². The molecule has 0 aliphatic carbocycles. The molecular formula is C48H52BrClF2N8O10S4. The minimum Gasteiger partial charge on any atom is -0.481 e. The van der Waals surface area contributed by atoms with Crippen molar-refractivity contribution in [1.82, 2.24) is 30.4 Å². The summed E-state index contributed by atoms with van der Waals surface area (Å²) >= 11 is 15.3. The van der Waals surface area contributed by atoms with E-state index < -0.39 is 47.6 Å². The van der Waals surface area contributed by atoms with Crippen LogP contribution in [-0.2, 0) is 38.1 Å². The largest absolute Gasteiger partial charge is 0.481 e. The van der Waals surface area contributed by atoms with Crippen molar-refractivity contribution in [2.24, 2.45) is 9.98 Å². The summed E-state index contributed by atoms with van der Waals surface area (Å²) in [5.41, 5.74) is 2.95. The zero-order valence-electron chi connectivity index (χ0n) is 40.0. The number of aliphatic imine (C=N–C) groups is 2. The predicted octanol–water partition coefficient (Wildman–Crippen LogP) is 6.83. The molecule has 2 aromatic carbocycles. The molecule has 0 bridgehead atoms. The highest BCUT2D eigenvalue weighted by Crippen LogP contribution is 2.39. The van der Waals surface area contributed by atoms with Crippen LogP contribution in [0.4, 0.5) is 8.78 Å². The van der Waals surface area contributed by atoms with E-state index in [9.17, 15) is 28.0 Å². The Balaban J connectivity index is 0.000000216. The number of hydrogen-bond donors (Lipinski definition) is 4. The van der Waals surface area contributed by atoms with Gasteiger partial charge in [-0.25, -0.2) is 28.3 Å². The first-order valence-corrected chi connectivity index (χ1v) is 28.4. The molecule has 18 nitrogen and oxygen atoms in total. The monoisotopic (exact) mass is 1180 g/mol. The highest BCUT2D eigenvalue weighted by Gasteiger charge is 2.37. The van der Waals surface area contributed by atoms with Gasteiger partial charge in [0.15, 0.2) is 21.7 Å². The first-order chi connectivity index (χ1) is 35.7. The van der Waals surface area contributed by atoms with Gasteiger partial charge in [0, 0.05) is 100 Å². The van der Waals surface area contributed by atoms with Gasteiger partial charge in [-0.15, -0.1) is 46.2 Å². The van der Waals surface area contributed by atoms with Gasteiger partial charge in [0.25, 0.3) is 0 Å². The summed E-state index contributed by atoms with van der Waals surface area (Å²) in [6.45, 7) is 7.91. The lowest BCUT2D eigenvalue weighted by Crippen LogP contribution is -2.47. The molecule has 4 aliphatic rings. The van der Waals surface area contributed by atoms with E-state index in [1.807, 2.05) is 10.8 Å². The molecular weight excluding hydrogens is 1130 g/mol. The van der Waals surface area contributed by atoms with Gasteiger partial charge in [0.1, 0.15) is 23.7 Å². The second kappa shape index (κ2) is 27.8. The summed E-state index contributed by atoms with van der Waals surface area (Å²) in [5.74, 6) is -1.57. The maximum Gasteiger partial charge on any atom is 0.338 e. The van der Waals surface area contributed by atoms with E-state index in [0.29, 0.717) is 124 Å². The minimum absolute atomic E-state index is 0.00726. The van der Waals surface area contributed by atoms with Gasteiger partial charge in [-0.2, -0.15) is 0 Å². The number of carboxylic acid groups (broad SMARTS) is 2. The Morgan fingerprint density at radius 2 is 1.22 bits per heavy atom. The molecule has 8 rings (SSSR count). The summed E-state index contributed by atoms with van der Waals surface area (Å²) in [6, 6.07) is 6.73. The van der Waals surface area contributed by atoms with Gasteiger partial charge in [-0.3, -0.25) is 29.4 Å². The first-order valence-electron chi connectivity index (χ1n) is 23.2. The third-order valence-corrected chi connectivity index (χ3v) is 16.0. The fourth-order valence-corrected chi connectivity index (χ4v) is 11.7. The van der Waals surface area contributed by atoms with Gasteiger partial charge >= 0.3 is 23.9 Å². The van der Waals surface area contributed by atoms with Crippen LogP contribution in [0.3, 0.4) is 0 Å². The maximum absolute atomic E-state index is 13.9. The standard InChI is InChI=1S/C24H26BrFN4O5S2.C24H26ClFN4O5S2/c2*1-2-34-24(33)20-18(11-30-6-7-35-15(10-30)12-36-13-19(31)32)28-22(23-27-5-8-37-23)29-21(20)16-4-3-14(26)9-17(16)25/h2*3-5,8-9,15,21H,2,6-7,10-13H2,1H3,(H,28,29)(H,31,32). The van der Waals surface area contributed by atoms with Crippen LogP contribution in [0.25, 0.3) is 0 Å². The molecule has 2 fully saturated rings. The Morgan fingerprint density at radius 3 is 1.64 bits per heavy atom. The van der Waals surface area contributed by atoms with Crippen LogP contribution in [0.1, 0.15) is 47.1 Å². The van der Waals surface area contributed by atoms with Crippen LogP contribution in [0.2, 0.25) is 5.02 Å². The van der Waals surface area contributed by atoms with Crippen LogP contribution >= 0.6 is 73.7 Å². The maximum atomic E-state index is 13.9. The summed E-state index contributed by atoms with van der Waals surface area (Å²) < 4.78 is 50.7. The topological polar surface area (TPSA) is 227 Å². The number of thioether (sulfide) groups is 2. The molecule has 396 valence electrons. The van der Waals surface area contributed by atoms with E-state index in [0.717, 1.165) is 0 Å². The number of thiazole rings is 2. The van der Waals surface area contributed by atoms with Gasteiger partial charge < -0.3 is 39.8 Å². The van der Waals surface area contributed by atoms with Gasteiger partial charge in [0.05, 0.1) is 61.3 Å². The van der Waals surface area contributed by atoms with E-state index in [1.165, 1.54) is 76.5 Å². The van der Waals surface area contributed by atoms with Crippen LogP contribution in [0.15, 0.2) is 96.5 Å². The van der Waals surface area contributed by atoms with Crippen molar-refractivity contribution in [2.75, 3.05) is 88.7 Å². The number of ether oxygens (including phenoxy) is 4. The highest BCUT2D eigenvalue weighted by molar-refractivity contribution is 9.10. The number of amidine groups is 2. The van der Waals surface area contributed by atoms with Crippen molar-refractivity contribution in [3.05, 3.63) is 124 Å². The summed E-state index contributed by atoms with van der Waals surface area (Å²) in [6.07, 6.45) is 3.05. The third-order valence-electron chi connectivity index (χ3n) is 11.3. The van der Waals surface area contributed by atoms with Crippen molar-refractivity contribution in [1.29, 1.82) is 0 Å². The Labute approximate surface area is 455 Å². The number of benzene rings is 2. The normalized spacial score (nSPS) is 20.4. The average molecular weight is 1180 g/mol. The number of rotatable bonds is 20. The summed E-state index contributed by atoms with van der Waals surface area (Å²) in [4.78, 5) is 70.9. The number of aromatic nitrogens is 2. The number of carbonyl (C=O) groups is 4. The quantitative estimate of drug-likeness (QED) is 0.0665. The Morgan fingerprint density at radius 1 is 0.757 bits per heavy atom. The molecule has 4 unspecified atom stereocenters. The van der Waals surface area contributed by atoms with E-state index >= 15 is 0 Å². The second-order valence-electron chi connectivity index (χ2n) is 16.5. The number of morpholine rings is 2. The molecule has 2 saturated heterocycles. The van der Waals surface area contributed by atoms with Gasteiger partial charge in [-0.05, 0) is 43.7 Å². The number of halogens is 4. The van der Waals surface area contributed by atoms with Gasteiger partial charge in [-0.1, -0.05) is 39.7 Å². The number of hydrogen-bond acceptors (Lipinski definition) is 20. The Hall–Kier alpha value is -4.83. The minimum atomic E-state index is -0.868. The van der Waals surface area contributed by atoms with Crippen molar-refractivity contribution in [3.63, 3.8) is 0 Å². The molecule has 0 spiro atoms. The number of esters is 2. The molecule has 4 atom stereocenters. The molecule has 2 aromatic heterocycles. The van der Waals surface area contributed by atoms with Crippen LogP contribution < -0.4 is 10.6 Å². The fourth-order valence-electron chi connectivity index (χ4n) is 8.19. The Bertz CT molecular complexity index is 2570. The predicted molar refractivity (Wildman–Crippen MR) is 284 cm³/mol. The zero-order valence-corrected chi connectivity index (χ0v) is 45.6. The first kappa shape index (κ1) is 56.9. The molecule has 74 heavy (non-hydrogen) atoms. The Kier molecular flexibility index (Phi) is 21.4. The smallest absolute Gasteiger partial charge is 0.338 e. The molecule has 4 aliphatic heterocycles. The number of carboxylic acids is 2. The summed E-state index contributed by atoms with van der Waals surface area (Å²) in [5, 5.41) is 29.6. The third kappa shape index (κ3) is 15.6. The van der Waals surface area contributed by atoms with Crippen molar-refractivity contribution < 1.29 is 57.1 Å². The average Bonchev–Trinajstić information content (AvgIpc) is 4.11. The zero-order chi connectivity index (χ0) is 52.7. The number of aliphatic carboxylic acids is 2. The highest BCUT2D eigenvalue weighted by atomic mass is 79.9. The fraction of sp³-hybridized carbons (Fsp3) is 0.417. The summed E-state index contributed by atoms with van der Waals surface area (Å²) in [7, 11) is 0. The van der Waals surface area contributed by atoms with Crippen molar-refractivity contribution in [2.45, 2.75) is 38.1 Å². The van der Waals surface area contributed by atoms with Crippen LogP contribution in [-0.4, -0.2) is 166 Å². The molecule has 6 heterocycles. The number of carbonyl (C=O) groups excluding carboxylic acids is 2. The van der Waals surface area contributed by atoms with Crippen LogP contribution in [0.5, 0.6) is 0 Å². The van der Waals surface area contributed by atoms with Crippen molar-refractivity contribution >= 4 is 109 Å². The second-order valence-corrected chi connectivity index (χ2v) is 21.6. The molecule has 4 N–H and O–H groups in total. The lowest BCUT2D eigenvalue weighted by Gasteiger charge is -2.35. The molecule has 0 radical (unpaired) electrons. The lowest BCUT2D eigenvalue weighted by molar-refractivity contribution is -0.139. The SMILES string of the molecule is CCOC(=O)C1=C(CN2CCOC(CSCC(=O)O)C2)NC(c2nccs2)=NC1c1ccc(F)cc1Br.CCOC(=O)C1=C(CN2CCOC(CSCC(=O)O)C2)NC(c2nccs2)=NC1c1ccc(F)cc1Cl. The molecule has 4 aromatic rings. The van der Waals surface area contributed by atoms with Gasteiger partial charge in [0.2, 0.25) is 0 Å². The molecule has 0 saturated carbocycles. The molecule has 0 amide bonds. The van der Waals surface area contributed by atoms with E-state index in [2.05, 4.69) is 46.3 Å². The number of nitrogens with one attached hydrogen (secondary N) is 2. The van der Waals surface area contributed by atoms with Crippen LogP contribution in [0, 0.1) is 11.6 Å². The van der Waals surface area contributed by atoms with E-state index in [4.69, 9.17) is 50.7 Å². The van der Waals surface area contributed by atoms with E-state index in [-0.39, 0.29) is 42.0 Å². The van der Waals surface area contributed by atoms with E-state index in [1.54, 1.807) is 32.3 Å².